The molecule has 4 aromatic rings. The third kappa shape index (κ3) is 6.32. The molecule has 4 rings (SSSR count). The molecule has 5 nitrogen and oxygen atoms in total. The van der Waals surface area contributed by atoms with Gasteiger partial charge in [-0.05, 0) is 41.5 Å². The molecule has 0 radical (unpaired) electrons. The fourth-order valence-corrected chi connectivity index (χ4v) is 3.44. The Morgan fingerprint density at radius 3 is 2.15 bits per heavy atom. The molecule has 0 saturated carbocycles. The van der Waals surface area contributed by atoms with Crippen molar-refractivity contribution in [2.75, 3.05) is 0 Å². The first-order valence-corrected chi connectivity index (χ1v) is 10.6. The van der Waals surface area contributed by atoms with Gasteiger partial charge in [0.15, 0.2) is 5.69 Å². The largest absolute Gasteiger partial charge is 0.447 e. The molecule has 0 atom stereocenters. The molecule has 0 spiro atoms. The summed E-state index contributed by atoms with van der Waals surface area (Å²) in [6.07, 6.45) is 1.26. The Bertz CT molecular complexity index is 1240. The quantitative estimate of drug-likeness (QED) is 0.368. The Morgan fingerprint density at radius 1 is 0.824 bits per heavy atom. The maximum atomic E-state index is 14.2. The maximum absolute atomic E-state index is 14.2. The second-order valence-corrected chi connectivity index (χ2v) is 7.80. The van der Waals surface area contributed by atoms with Gasteiger partial charge < -0.3 is 9.73 Å². The molecule has 8 heteroatoms. The van der Waals surface area contributed by atoms with Crippen molar-refractivity contribution in [1.82, 2.24) is 15.2 Å². The molecular weight excluding hydrogens is 443 g/mol. The number of hydrogen-bond donors (Lipinski definition) is 1. The minimum absolute atomic E-state index is 0.102. The van der Waals surface area contributed by atoms with Crippen molar-refractivity contribution < 1.29 is 22.4 Å². The number of halogens is 3. The van der Waals surface area contributed by atoms with E-state index in [1.54, 1.807) is 42.5 Å². The molecule has 0 fully saturated rings. The van der Waals surface area contributed by atoms with Crippen molar-refractivity contribution >= 4 is 5.91 Å². The van der Waals surface area contributed by atoms with Crippen LogP contribution in [0.5, 0.6) is 0 Å². The van der Waals surface area contributed by atoms with Crippen LogP contribution in [-0.2, 0) is 26.2 Å². The summed E-state index contributed by atoms with van der Waals surface area (Å²) in [5.74, 6) is -1.17. The minimum atomic E-state index is -0.432. The molecule has 0 aliphatic rings. The summed E-state index contributed by atoms with van der Waals surface area (Å²) < 4.78 is 46.1. The zero-order valence-electron chi connectivity index (χ0n) is 18.2. The van der Waals surface area contributed by atoms with Crippen LogP contribution in [0.2, 0.25) is 0 Å². The van der Waals surface area contributed by atoms with Gasteiger partial charge in [0.1, 0.15) is 23.7 Å². The third-order valence-electron chi connectivity index (χ3n) is 5.18. The van der Waals surface area contributed by atoms with Crippen LogP contribution in [0, 0.1) is 17.5 Å². The van der Waals surface area contributed by atoms with E-state index in [1.165, 1.54) is 36.6 Å². The highest BCUT2D eigenvalue weighted by Gasteiger charge is 2.17. The predicted octanol–water partition coefficient (Wildman–Crippen LogP) is 5.22. The standard InChI is InChI=1S/C26H22F3N3O2/c27-21-9-5-18(6-10-21)13-30-26(33)24-17-34-25(31-24)16-32(14-19-7-11-22(28)12-8-19)15-20-3-1-2-4-23(20)29/h1-12,17H,13-16H2,(H,30,33). The molecule has 1 N–H and O–H groups in total. The number of nitrogens with zero attached hydrogens (tertiary/aromatic N) is 2. The van der Waals surface area contributed by atoms with Crippen molar-refractivity contribution in [3.8, 4) is 0 Å². The van der Waals surface area contributed by atoms with Crippen LogP contribution in [0.1, 0.15) is 33.1 Å². The molecule has 1 amide bonds. The first-order valence-electron chi connectivity index (χ1n) is 10.6. The molecule has 34 heavy (non-hydrogen) atoms. The Labute approximate surface area is 194 Å². The van der Waals surface area contributed by atoms with Gasteiger partial charge in [-0.2, -0.15) is 0 Å². The van der Waals surface area contributed by atoms with Gasteiger partial charge in [0.2, 0.25) is 5.89 Å². The van der Waals surface area contributed by atoms with Crippen molar-refractivity contribution in [3.63, 3.8) is 0 Å². The Kier molecular flexibility index (Phi) is 7.39. The van der Waals surface area contributed by atoms with Crippen LogP contribution in [0.3, 0.4) is 0 Å². The lowest BCUT2D eigenvalue weighted by atomic mass is 10.1. The number of hydrogen-bond acceptors (Lipinski definition) is 4. The SMILES string of the molecule is O=C(NCc1ccc(F)cc1)c1coc(CN(Cc2ccc(F)cc2)Cc2ccccc2F)n1. The zero-order chi connectivity index (χ0) is 23.9. The number of aromatic nitrogens is 1. The molecule has 0 bridgehead atoms. The highest BCUT2D eigenvalue weighted by atomic mass is 19.1. The van der Waals surface area contributed by atoms with Crippen molar-refractivity contribution in [2.24, 2.45) is 0 Å². The van der Waals surface area contributed by atoms with Crippen molar-refractivity contribution in [2.45, 2.75) is 26.2 Å². The molecule has 1 aromatic heterocycles. The Morgan fingerprint density at radius 2 is 1.47 bits per heavy atom. The van der Waals surface area contributed by atoms with E-state index in [1.807, 2.05) is 4.90 Å². The highest BCUT2D eigenvalue weighted by molar-refractivity contribution is 5.91. The van der Waals surface area contributed by atoms with E-state index in [2.05, 4.69) is 10.3 Å². The number of amides is 1. The number of carbonyl (C=O) groups is 1. The van der Waals surface area contributed by atoms with E-state index in [0.29, 0.717) is 12.1 Å². The van der Waals surface area contributed by atoms with E-state index < -0.39 is 5.91 Å². The van der Waals surface area contributed by atoms with Crippen LogP contribution in [0.15, 0.2) is 83.5 Å². The number of oxazole rings is 1. The average Bonchev–Trinajstić information content (AvgIpc) is 3.30. The molecule has 3 aromatic carbocycles. The fraction of sp³-hybridized carbons (Fsp3) is 0.154. The molecule has 0 saturated heterocycles. The number of carbonyl (C=O) groups excluding carboxylic acids is 1. The van der Waals surface area contributed by atoms with Crippen LogP contribution in [0.4, 0.5) is 13.2 Å². The van der Waals surface area contributed by atoms with Gasteiger partial charge >= 0.3 is 0 Å². The first kappa shape index (κ1) is 23.3. The minimum Gasteiger partial charge on any atom is -0.447 e. The summed E-state index contributed by atoms with van der Waals surface area (Å²) in [7, 11) is 0. The second-order valence-electron chi connectivity index (χ2n) is 7.80. The van der Waals surface area contributed by atoms with Crippen LogP contribution < -0.4 is 5.32 Å². The predicted molar refractivity (Wildman–Crippen MR) is 120 cm³/mol. The van der Waals surface area contributed by atoms with E-state index in [9.17, 15) is 18.0 Å². The monoisotopic (exact) mass is 465 g/mol. The van der Waals surface area contributed by atoms with E-state index in [4.69, 9.17) is 4.42 Å². The van der Waals surface area contributed by atoms with E-state index in [0.717, 1.165) is 11.1 Å². The lowest BCUT2D eigenvalue weighted by molar-refractivity contribution is 0.0945. The topological polar surface area (TPSA) is 58.4 Å². The first-order chi connectivity index (χ1) is 16.5. The number of benzene rings is 3. The van der Waals surface area contributed by atoms with Crippen LogP contribution in [-0.4, -0.2) is 15.8 Å². The Hall–Kier alpha value is -3.91. The summed E-state index contributed by atoms with van der Waals surface area (Å²) >= 11 is 0. The second kappa shape index (κ2) is 10.8. The molecule has 0 aliphatic heterocycles. The molecule has 0 unspecified atom stereocenters. The number of nitrogens with one attached hydrogen (secondary N) is 1. The zero-order valence-corrected chi connectivity index (χ0v) is 18.2. The Balaban J connectivity index is 1.44. The maximum Gasteiger partial charge on any atom is 0.273 e. The van der Waals surface area contributed by atoms with Gasteiger partial charge in [0.05, 0.1) is 6.54 Å². The molecule has 174 valence electrons. The smallest absolute Gasteiger partial charge is 0.273 e. The molecule has 0 aliphatic carbocycles. The summed E-state index contributed by atoms with van der Waals surface area (Å²) in [4.78, 5) is 18.6. The van der Waals surface area contributed by atoms with Gasteiger partial charge in [-0.15, -0.1) is 0 Å². The van der Waals surface area contributed by atoms with Crippen LogP contribution in [0.25, 0.3) is 0 Å². The van der Waals surface area contributed by atoms with Gasteiger partial charge in [-0.1, -0.05) is 42.5 Å². The normalized spacial score (nSPS) is 11.1. The number of rotatable bonds is 9. The van der Waals surface area contributed by atoms with Crippen molar-refractivity contribution in [1.29, 1.82) is 0 Å². The van der Waals surface area contributed by atoms with E-state index in [-0.39, 0.29) is 48.7 Å². The van der Waals surface area contributed by atoms with Gasteiger partial charge in [0, 0.05) is 25.2 Å². The van der Waals surface area contributed by atoms with Crippen LogP contribution >= 0.6 is 0 Å². The molecule has 1 heterocycles. The highest BCUT2D eigenvalue weighted by Crippen LogP contribution is 2.17. The van der Waals surface area contributed by atoms with Gasteiger partial charge in [-0.3, -0.25) is 9.69 Å². The van der Waals surface area contributed by atoms with Gasteiger partial charge in [0.25, 0.3) is 5.91 Å². The fourth-order valence-electron chi connectivity index (χ4n) is 3.44. The average molecular weight is 465 g/mol. The third-order valence-corrected chi connectivity index (χ3v) is 5.18. The summed E-state index contributed by atoms with van der Waals surface area (Å²) in [5.41, 5.74) is 2.17. The summed E-state index contributed by atoms with van der Waals surface area (Å²) in [5, 5.41) is 2.71. The molecular formula is C26H22F3N3O2. The van der Waals surface area contributed by atoms with E-state index >= 15 is 0 Å². The summed E-state index contributed by atoms with van der Waals surface area (Å²) in [6.45, 7) is 1.07. The lowest BCUT2D eigenvalue weighted by Crippen LogP contribution is -2.24. The summed E-state index contributed by atoms with van der Waals surface area (Å²) in [6, 6.07) is 18.3. The van der Waals surface area contributed by atoms with Crippen molar-refractivity contribution in [3.05, 3.63) is 125 Å². The van der Waals surface area contributed by atoms with Gasteiger partial charge in [-0.25, -0.2) is 18.2 Å². The lowest BCUT2D eigenvalue weighted by Gasteiger charge is -2.21.